The molecule has 2 unspecified atom stereocenters. The highest BCUT2D eigenvalue weighted by Crippen LogP contribution is 2.41. The van der Waals surface area contributed by atoms with Crippen LogP contribution < -0.4 is 15.5 Å². The Labute approximate surface area is 166 Å². The molecule has 3 fully saturated rings. The second-order valence-electron chi connectivity index (χ2n) is 8.52. The summed E-state index contributed by atoms with van der Waals surface area (Å²) in [4.78, 5) is 14.9. The molecule has 29 heavy (non-hydrogen) atoms. The number of fused-ring (bicyclic) bond motifs is 1. The first-order valence-corrected chi connectivity index (χ1v) is 10.2. The SMILES string of the molecule is O=C1N(c2ccc3n[nH]c(C4CCNC(C(F)(F)F)C4)c3c2)CC[C@]12CCNC2. The van der Waals surface area contributed by atoms with Gasteiger partial charge in [0.15, 0.2) is 0 Å². The Morgan fingerprint density at radius 1 is 1.21 bits per heavy atom. The summed E-state index contributed by atoms with van der Waals surface area (Å²) in [6.07, 6.45) is -1.97. The van der Waals surface area contributed by atoms with Crippen molar-refractivity contribution >= 4 is 22.5 Å². The third-order valence-corrected chi connectivity index (χ3v) is 6.84. The van der Waals surface area contributed by atoms with Crippen LogP contribution in [0, 0.1) is 5.41 Å². The topological polar surface area (TPSA) is 73.0 Å². The van der Waals surface area contributed by atoms with E-state index in [1.165, 1.54) is 0 Å². The lowest BCUT2D eigenvalue weighted by molar-refractivity contribution is -0.161. The number of aromatic nitrogens is 2. The van der Waals surface area contributed by atoms with Crippen LogP contribution in [0.4, 0.5) is 18.9 Å². The highest BCUT2D eigenvalue weighted by molar-refractivity contribution is 6.02. The zero-order valence-corrected chi connectivity index (χ0v) is 16.0. The molecule has 3 saturated heterocycles. The van der Waals surface area contributed by atoms with Gasteiger partial charge >= 0.3 is 6.18 Å². The summed E-state index contributed by atoms with van der Waals surface area (Å²) in [5, 5.41) is 13.9. The molecule has 2 aromatic rings. The number of carbonyl (C=O) groups excluding carboxylic acids is 1. The molecule has 0 radical (unpaired) electrons. The number of nitrogens with zero attached hydrogens (tertiary/aromatic N) is 2. The molecule has 4 heterocycles. The Bertz CT molecular complexity index is 934. The van der Waals surface area contributed by atoms with Crippen molar-refractivity contribution < 1.29 is 18.0 Å². The van der Waals surface area contributed by atoms with E-state index in [-0.39, 0.29) is 23.7 Å². The van der Waals surface area contributed by atoms with Gasteiger partial charge in [-0.1, -0.05) is 0 Å². The van der Waals surface area contributed by atoms with Gasteiger partial charge < -0.3 is 15.5 Å². The number of H-pyrrole nitrogens is 1. The second-order valence-corrected chi connectivity index (χ2v) is 8.52. The number of alkyl halides is 3. The standard InChI is InChI=1S/C20H24F3N5O/c21-20(22,23)16-9-12(3-6-25-16)17-14-10-13(1-2-15(14)26-27-17)28-8-5-19(18(28)29)4-7-24-11-19/h1-2,10,12,16,24-25H,3-9,11H2,(H,26,27)/t12?,16?,19-/m0/s1. The molecule has 0 bridgehead atoms. The van der Waals surface area contributed by atoms with Crippen LogP contribution in [0.2, 0.25) is 0 Å². The van der Waals surface area contributed by atoms with Crippen molar-refractivity contribution in [2.24, 2.45) is 5.41 Å². The minimum absolute atomic E-state index is 0.0115. The number of amides is 1. The summed E-state index contributed by atoms with van der Waals surface area (Å²) in [5.74, 6) is -0.103. The Kier molecular flexibility index (Phi) is 4.36. The number of halogens is 3. The summed E-state index contributed by atoms with van der Waals surface area (Å²) in [6, 6.07) is 4.14. The van der Waals surface area contributed by atoms with Crippen LogP contribution in [0.5, 0.6) is 0 Å². The van der Waals surface area contributed by atoms with Crippen LogP contribution in [0.3, 0.4) is 0 Å². The van der Waals surface area contributed by atoms with E-state index in [0.29, 0.717) is 19.5 Å². The van der Waals surface area contributed by atoms with Gasteiger partial charge in [0.25, 0.3) is 0 Å². The number of carbonyl (C=O) groups is 1. The number of anilines is 1. The summed E-state index contributed by atoms with van der Waals surface area (Å²) in [5.41, 5.74) is 1.95. The normalized spacial score (nSPS) is 30.7. The predicted molar refractivity (Wildman–Crippen MR) is 103 cm³/mol. The van der Waals surface area contributed by atoms with Crippen LogP contribution in [-0.4, -0.2) is 54.5 Å². The number of hydrogen-bond donors (Lipinski definition) is 3. The maximum absolute atomic E-state index is 13.2. The smallest absolute Gasteiger partial charge is 0.316 e. The Morgan fingerprint density at radius 2 is 2.07 bits per heavy atom. The molecule has 3 atom stereocenters. The van der Waals surface area contributed by atoms with Gasteiger partial charge in [-0.25, -0.2) is 0 Å². The van der Waals surface area contributed by atoms with Gasteiger partial charge in [-0.2, -0.15) is 18.3 Å². The monoisotopic (exact) mass is 407 g/mol. The largest absolute Gasteiger partial charge is 0.403 e. The Morgan fingerprint density at radius 3 is 2.83 bits per heavy atom. The van der Waals surface area contributed by atoms with Crippen molar-refractivity contribution in [2.75, 3.05) is 31.1 Å². The molecule has 9 heteroatoms. The van der Waals surface area contributed by atoms with E-state index in [2.05, 4.69) is 20.8 Å². The summed E-state index contributed by atoms with van der Waals surface area (Å²) in [6.45, 7) is 2.56. The lowest BCUT2D eigenvalue weighted by Crippen LogP contribution is -2.47. The van der Waals surface area contributed by atoms with Crippen molar-refractivity contribution in [1.29, 1.82) is 0 Å². The molecule has 5 rings (SSSR count). The molecule has 0 saturated carbocycles. The summed E-state index contributed by atoms with van der Waals surface area (Å²) >= 11 is 0. The third kappa shape index (κ3) is 3.11. The minimum Gasteiger partial charge on any atom is -0.316 e. The average molecular weight is 407 g/mol. The molecule has 3 aliphatic rings. The molecule has 1 aromatic heterocycles. The first-order valence-electron chi connectivity index (χ1n) is 10.2. The number of piperidine rings is 1. The Hall–Kier alpha value is -2.13. The van der Waals surface area contributed by atoms with Crippen molar-refractivity contribution in [3.8, 4) is 0 Å². The van der Waals surface area contributed by atoms with Gasteiger partial charge in [0.1, 0.15) is 6.04 Å². The lowest BCUT2D eigenvalue weighted by Gasteiger charge is -2.31. The molecule has 0 aliphatic carbocycles. The maximum Gasteiger partial charge on any atom is 0.403 e. The Balaban J connectivity index is 1.45. The van der Waals surface area contributed by atoms with Crippen LogP contribution >= 0.6 is 0 Å². The zero-order chi connectivity index (χ0) is 20.2. The van der Waals surface area contributed by atoms with Crippen LogP contribution in [0.1, 0.15) is 37.3 Å². The minimum atomic E-state index is -4.26. The molecule has 3 N–H and O–H groups in total. The molecular weight excluding hydrogens is 383 g/mol. The van der Waals surface area contributed by atoms with E-state index in [1.54, 1.807) is 0 Å². The highest BCUT2D eigenvalue weighted by atomic mass is 19.4. The average Bonchev–Trinajstić information content (AvgIpc) is 3.42. The maximum atomic E-state index is 13.2. The molecule has 1 spiro atoms. The second kappa shape index (κ2) is 6.70. The highest BCUT2D eigenvalue weighted by Gasteiger charge is 2.48. The van der Waals surface area contributed by atoms with E-state index >= 15 is 0 Å². The molecule has 1 amide bonds. The summed E-state index contributed by atoms with van der Waals surface area (Å²) in [7, 11) is 0. The van der Waals surface area contributed by atoms with Gasteiger partial charge in [-0.3, -0.25) is 9.89 Å². The van der Waals surface area contributed by atoms with Gasteiger partial charge in [0.2, 0.25) is 5.91 Å². The van der Waals surface area contributed by atoms with Crippen LogP contribution in [0.25, 0.3) is 10.9 Å². The predicted octanol–water partition coefficient (Wildman–Crippen LogP) is 2.68. The number of benzene rings is 1. The van der Waals surface area contributed by atoms with E-state index in [1.807, 2.05) is 23.1 Å². The number of nitrogens with one attached hydrogen (secondary N) is 3. The van der Waals surface area contributed by atoms with Gasteiger partial charge in [0, 0.05) is 35.8 Å². The van der Waals surface area contributed by atoms with E-state index < -0.39 is 12.2 Å². The van der Waals surface area contributed by atoms with Crippen molar-refractivity contribution in [2.45, 2.75) is 43.8 Å². The number of aromatic amines is 1. The van der Waals surface area contributed by atoms with Crippen molar-refractivity contribution in [3.05, 3.63) is 23.9 Å². The van der Waals surface area contributed by atoms with E-state index in [4.69, 9.17) is 0 Å². The zero-order valence-electron chi connectivity index (χ0n) is 16.0. The molecule has 156 valence electrons. The van der Waals surface area contributed by atoms with Gasteiger partial charge in [0.05, 0.1) is 10.9 Å². The molecular formula is C20H24F3N5O. The number of hydrogen-bond acceptors (Lipinski definition) is 4. The fourth-order valence-corrected chi connectivity index (χ4v) is 5.13. The number of rotatable bonds is 2. The van der Waals surface area contributed by atoms with E-state index in [9.17, 15) is 18.0 Å². The fourth-order valence-electron chi connectivity index (χ4n) is 5.13. The van der Waals surface area contributed by atoms with Crippen molar-refractivity contribution in [1.82, 2.24) is 20.8 Å². The van der Waals surface area contributed by atoms with Gasteiger partial charge in [-0.15, -0.1) is 0 Å². The third-order valence-electron chi connectivity index (χ3n) is 6.84. The first-order chi connectivity index (χ1) is 13.9. The lowest BCUT2D eigenvalue weighted by atomic mass is 9.86. The van der Waals surface area contributed by atoms with Gasteiger partial charge in [-0.05, 0) is 57.0 Å². The fraction of sp³-hybridized carbons (Fsp3) is 0.600. The van der Waals surface area contributed by atoms with E-state index in [0.717, 1.165) is 48.2 Å². The van der Waals surface area contributed by atoms with Crippen LogP contribution in [0.15, 0.2) is 18.2 Å². The molecule has 6 nitrogen and oxygen atoms in total. The summed E-state index contributed by atoms with van der Waals surface area (Å²) < 4.78 is 39.6. The van der Waals surface area contributed by atoms with Crippen molar-refractivity contribution in [3.63, 3.8) is 0 Å². The molecule has 1 aromatic carbocycles. The quantitative estimate of drug-likeness (QED) is 0.716. The molecule has 3 aliphatic heterocycles. The van der Waals surface area contributed by atoms with Crippen LogP contribution in [-0.2, 0) is 4.79 Å². The first kappa shape index (κ1) is 18.9.